The van der Waals surface area contributed by atoms with E-state index in [0.29, 0.717) is 11.3 Å². The second-order valence-corrected chi connectivity index (χ2v) is 4.30. The van der Waals surface area contributed by atoms with Gasteiger partial charge < -0.3 is 15.1 Å². The highest BCUT2D eigenvalue weighted by Gasteiger charge is 2.13. The van der Waals surface area contributed by atoms with Crippen molar-refractivity contribution in [3.05, 3.63) is 47.7 Å². The van der Waals surface area contributed by atoms with Crippen molar-refractivity contribution in [1.29, 1.82) is 0 Å². The molecule has 0 unspecified atom stereocenters. The molecule has 3 N–H and O–H groups in total. The lowest BCUT2D eigenvalue weighted by Crippen LogP contribution is -1.95. The molecule has 4 heteroatoms. The molecule has 2 aromatic heterocycles. The Balaban J connectivity index is 2.14. The highest BCUT2D eigenvalue weighted by atomic mass is 16.4. The van der Waals surface area contributed by atoms with Crippen LogP contribution in [-0.4, -0.2) is 21.0 Å². The number of para-hydroxylation sites is 1. The van der Waals surface area contributed by atoms with Crippen LogP contribution in [0.15, 0.2) is 36.4 Å². The summed E-state index contributed by atoms with van der Waals surface area (Å²) in [4.78, 5) is 17.4. The maximum Gasteiger partial charge on any atom is 0.337 e. The van der Waals surface area contributed by atoms with Crippen molar-refractivity contribution in [2.75, 3.05) is 0 Å². The van der Waals surface area contributed by atoms with Crippen molar-refractivity contribution in [3.63, 3.8) is 0 Å². The van der Waals surface area contributed by atoms with E-state index in [4.69, 9.17) is 5.11 Å². The van der Waals surface area contributed by atoms with Gasteiger partial charge in [0, 0.05) is 16.6 Å². The zero-order valence-corrected chi connectivity index (χ0v) is 9.82. The van der Waals surface area contributed by atoms with Gasteiger partial charge in [-0.3, -0.25) is 0 Å². The van der Waals surface area contributed by atoms with Gasteiger partial charge in [0.2, 0.25) is 0 Å². The number of hydrogen-bond donors (Lipinski definition) is 3. The van der Waals surface area contributed by atoms with Crippen molar-refractivity contribution in [1.82, 2.24) is 9.97 Å². The topological polar surface area (TPSA) is 68.9 Å². The first-order chi connectivity index (χ1) is 8.65. The third-order valence-electron chi connectivity index (χ3n) is 3.07. The predicted octanol–water partition coefficient (Wildman–Crippen LogP) is 3.17. The number of rotatable bonds is 2. The fraction of sp³-hybridized carbons (Fsp3) is 0.0714. The molecule has 3 aromatic rings. The summed E-state index contributed by atoms with van der Waals surface area (Å²) in [7, 11) is 0. The number of nitrogens with one attached hydrogen (secondary N) is 2. The van der Waals surface area contributed by atoms with Crippen molar-refractivity contribution in [2.45, 2.75) is 6.92 Å². The van der Waals surface area contributed by atoms with Crippen molar-refractivity contribution < 1.29 is 9.90 Å². The molecule has 0 saturated heterocycles. The van der Waals surface area contributed by atoms with E-state index < -0.39 is 5.97 Å². The van der Waals surface area contributed by atoms with Crippen LogP contribution in [0.3, 0.4) is 0 Å². The van der Waals surface area contributed by atoms with Gasteiger partial charge in [-0.2, -0.15) is 0 Å². The van der Waals surface area contributed by atoms with Gasteiger partial charge in [0.25, 0.3) is 0 Å². The molecule has 0 aliphatic rings. The molecule has 0 bridgehead atoms. The molecule has 2 heterocycles. The van der Waals surface area contributed by atoms with Gasteiger partial charge in [0.05, 0.1) is 17.0 Å². The first-order valence-corrected chi connectivity index (χ1v) is 5.66. The molecule has 0 atom stereocenters. The van der Waals surface area contributed by atoms with Crippen molar-refractivity contribution >= 4 is 16.9 Å². The maximum atomic E-state index is 11.0. The standard InChI is InChI=1S/C14H12N2O2/c1-8-10(14(17)18)7-13(15-8)12-6-9-4-2-3-5-11(9)16-12/h2-7,15-16H,1H3,(H,17,18). The normalized spacial score (nSPS) is 10.9. The van der Waals surface area contributed by atoms with E-state index in [2.05, 4.69) is 9.97 Å². The average Bonchev–Trinajstić information content (AvgIpc) is 2.91. The third-order valence-corrected chi connectivity index (χ3v) is 3.07. The molecule has 0 aliphatic carbocycles. The minimum absolute atomic E-state index is 0.309. The van der Waals surface area contributed by atoms with E-state index in [0.717, 1.165) is 22.3 Å². The van der Waals surface area contributed by atoms with Crippen LogP contribution in [0, 0.1) is 6.92 Å². The zero-order chi connectivity index (χ0) is 12.7. The summed E-state index contributed by atoms with van der Waals surface area (Å²) in [6.07, 6.45) is 0. The summed E-state index contributed by atoms with van der Waals surface area (Å²) >= 11 is 0. The van der Waals surface area contributed by atoms with E-state index in [1.165, 1.54) is 0 Å². The average molecular weight is 240 g/mol. The maximum absolute atomic E-state index is 11.0. The Hall–Kier alpha value is -2.49. The molecular formula is C14H12N2O2. The van der Waals surface area contributed by atoms with Gasteiger partial charge in [0.15, 0.2) is 0 Å². The Morgan fingerprint density at radius 3 is 2.50 bits per heavy atom. The van der Waals surface area contributed by atoms with Gasteiger partial charge >= 0.3 is 5.97 Å². The predicted molar refractivity (Wildman–Crippen MR) is 69.8 cm³/mol. The highest BCUT2D eigenvalue weighted by Crippen LogP contribution is 2.25. The largest absolute Gasteiger partial charge is 0.478 e. The van der Waals surface area contributed by atoms with Crippen LogP contribution >= 0.6 is 0 Å². The number of H-pyrrole nitrogens is 2. The smallest absolute Gasteiger partial charge is 0.337 e. The molecule has 1 aromatic carbocycles. The number of aryl methyl sites for hydroxylation is 1. The number of carboxylic acid groups (broad SMARTS) is 1. The Morgan fingerprint density at radius 1 is 1.11 bits per heavy atom. The number of aromatic nitrogens is 2. The van der Waals surface area contributed by atoms with Crippen molar-refractivity contribution in [3.8, 4) is 11.4 Å². The summed E-state index contributed by atoms with van der Waals surface area (Å²) in [5.74, 6) is -0.911. The van der Waals surface area contributed by atoms with Crippen LogP contribution in [0.2, 0.25) is 0 Å². The van der Waals surface area contributed by atoms with Gasteiger partial charge in [-0.25, -0.2) is 4.79 Å². The molecule has 0 amide bonds. The van der Waals surface area contributed by atoms with Crippen LogP contribution in [0.25, 0.3) is 22.3 Å². The van der Waals surface area contributed by atoms with Gasteiger partial charge in [-0.1, -0.05) is 18.2 Å². The van der Waals surface area contributed by atoms with Crippen LogP contribution < -0.4 is 0 Å². The summed E-state index contributed by atoms with van der Waals surface area (Å²) < 4.78 is 0. The molecule has 18 heavy (non-hydrogen) atoms. The molecule has 0 saturated carbocycles. The van der Waals surface area contributed by atoms with Crippen LogP contribution in [0.5, 0.6) is 0 Å². The monoisotopic (exact) mass is 240 g/mol. The molecule has 3 rings (SSSR count). The minimum Gasteiger partial charge on any atom is -0.478 e. The first-order valence-electron chi connectivity index (χ1n) is 5.66. The molecule has 0 spiro atoms. The van der Waals surface area contributed by atoms with Gasteiger partial charge in [0.1, 0.15) is 0 Å². The third kappa shape index (κ3) is 1.59. The Morgan fingerprint density at radius 2 is 1.83 bits per heavy atom. The molecule has 90 valence electrons. The number of aromatic carboxylic acids is 1. The number of aromatic amines is 2. The SMILES string of the molecule is Cc1[nH]c(-c2cc3ccccc3[nH]2)cc1C(=O)O. The number of benzene rings is 1. The van der Waals surface area contributed by atoms with Crippen LogP contribution in [0.1, 0.15) is 16.1 Å². The zero-order valence-electron chi connectivity index (χ0n) is 9.82. The number of carboxylic acids is 1. The number of carbonyl (C=O) groups is 1. The minimum atomic E-state index is -0.911. The second kappa shape index (κ2) is 3.77. The Kier molecular flexibility index (Phi) is 2.23. The molecule has 0 radical (unpaired) electrons. The van der Waals surface area contributed by atoms with E-state index in [-0.39, 0.29) is 0 Å². The van der Waals surface area contributed by atoms with E-state index >= 15 is 0 Å². The van der Waals surface area contributed by atoms with Gasteiger partial charge in [-0.05, 0) is 25.1 Å². The summed E-state index contributed by atoms with van der Waals surface area (Å²) in [6.45, 7) is 1.76. The molecule has 0 aliphatic heterocycles. The highest BCUT2D eigenvalue weighted by molar-refractivity contribution is 5.92. The molecular weight excluding hydrogens is 228 g/mol. The van der Waals surface area contributed by atoms with Gasteiger partial charge in [-0.15, -0.1) is 0 Å². The lowest BCUT2D eigenvalue weighted by Gasteiger charge is -1.90. The Bertz CT molecular complexity index is 704. The lowest BCUT2D eigenvalue weighted by atomic mass is 10.2. The lowest BCUT2D eigenvalue weighted by molar-refractivity contribution is 0.0696. The summed E-state index contributed by atoms with van der Waals surface area (Å²) in [6, 6.07) is 11.6. The van der Waals surface area contributed by atoms with E-state index in [1.54, 1.807) is 13.0 Å². The second-order valence-electron chi connectivity index (χ2n) is 4.30. The van der Waals surface area contributed by atoms with Crippen LogP contribution in [0.4, 0.5) is 0 Å². The fourth-order valence-electron chi connectivity index (χ4n) is 2.14. The molecule has 0 fully saturated rings. The van der Waals surface area contributed by atoms with E-state index in [9.17, 15) is 4.79 Å². The summed E-state index contributed by atoms with van der Waals surface area (Å²) in [5, 5.41) is 10.1. The van der Waals surface area contributed by atoms with Crippen molar-refractivity contribution in [2.24, 2.45) is 0 Å². The van der Waals surface area contributed by atoms with E-state index in [1.807, 2.05) is 30.3 Å². The van der Waals surface area contributed by atoms with Crippen LogP contribution in [-0.2, 0) is 0 Å². The number of hydrogen-bond acceptors (Lipinski definition) is 1. The fourth-order valence-corrected chi connectivity index (χ4v) is 2.14. The quantitative estimate of drug-likeness (QED) is 0.644. The number of fused-ring (bicyclic) bond motifs is 1. The Labute approximate surface area is 103 Å². The first kappa shape index (κ1) is 10.7. The summed E-state index contributed by atoms with van der Waals surface area (Å²) in [5.41, 5.74) is 3.70. The molecule has 4 nitrogen and oxygen atoms in total.